The molecular formula is C22H24N2O4S. The third kappa shape index (κ3) is 3.83. The van der Waals surface area contributed by atoms with Gasteiger partial charge in [0, 0.05) is 10.9 Å². The van der Waals surface area contributed by atoms with Crippen molar-refractivity contribution in [3.8, 4) is 10.6 Å². The van der Waals surface area contributed by atoms with Gasteiger partial charge in [-0.05, 0) is 26.7 Å². The molecule has 1 aliphatic heterocycles. The Balaban J connectivity index is 1.38. The average Bonchev–Trinajstić information content (AvgIpc) is 3.30. The molecule has 1 aromatic heterocycles. The van der Waals surface area contributed by atoms with E-state index in [9.17, 15) is 14.4 Å². The van der Waals surface area contributed by atoms with E-state index >= 15 is 0 Å². The first-order valence-corrected chi connectivity index (χ1v) is 10.9. The summed E-state index contributed by atoms with van der Waals surface area (Å²) < 4.78 is 5.38. The lowest BCUT2D eigenvalue weighted by Crippen LogP contribution is -2.44. The first-order chi connectivity index (χ1) is 14.0. The van der Waals surface area contributed by atoms with Gasteiger partial charge < -0.3 is 4.74 Å². The molecule has 2 aliphatic rings. The van der Waals surface area contributed by atoms with Gasteiger partial charge in [-0.3, -0.25) is 14.5 Å². The molecule has 1 saturated heterocycles. The number of carbonyl (C=O) groups is 3. The fraction of sp³-hybridized carbons (Fsp3) is 0.455. The topological polar surface area (TPSA) is 76.6 Å². The Bertz CT molecular complexity index is 913. The summed E-state index contributed by atoms with van der Waals surface area (Å²) in [4.78, 5) is 43.5. The summed E-state index contributed by atoms with van der Waals surface area (Å²) in [7, 11) is 0. The maximum Gasteiger partial charge on any atom is 0.329 e. The molecule has 0 bridgehead atoms. The maximum absolute atomic E-state index is 12.6. The number of thiazole rings is 1. The highest BCUT2D eigenvalue weighted by atomic mass is 32.1. The summed E-state index contributed by atoms with van der Waals surface area (Å²) in [6, 6.07) is 7.17. The number of carbonyl (C=O) groups excluding carboxylic acids is 3. The molecule has 2 amide bonds. The lowest BCUT2D eigenvalue weighted by Gasteiger charge is -2.21. The molecule has 1 aromatic carbocycles. The van der Waals surface area contributed by atoms with Crippen molar-refractivity contribution < 1.29 is 19.1 Å². The third-order valence-corrected chi connectivity index (χ3v) is 6.76. The molecule has 4 rings (SSSR count). The van der Waals surface area contributed by atoms with Crippen LogP contribution in [0.25, 0.3) is 10.6 Å². The molecule has 29 heavy (non-hydrogen) atoms. The highest BCUT2D eigenvalue weighted by molar-refractivity contribution is 7.13. The van der Waals surface area contributed by atoms with Crippen LogP contribution in [0, 0.1) is 18.8 Å². The quantitative estimate of drug-likeness (QED) is 0.552. The van der Waals surface area contributed by atoms with E-state index < -0.39 is 12.0 Å². The first-order valence-electron chi connectivity index (χ1n) is 10.0. The van der Waals surface area contributed by atoms with Crippen LogP contribution in [0.5, 0.6) is 0 Å². The van der Waals surface area contributed by atoms with Gasteiger partial charge in [0.25, 0.3) is 0 Å². The van der Waals surface area contributed by atoms with E-state index in [1.165, 1.54) is 16.9 Å². The Morgan fingerprint density at radius 3 is 2.41 bits per heavy atom. The summed E-state index contributed by atoms with van der Waals surface area (Å²) in [6.45, 7) is 3.62. The Hall–Kier alpha value is -2.54. The summed E-state index contributed by atoms with van der Waals surface area (Å²) in [6.07, 6.45) is 3.38. The number of hydrogen-bond acceptors (Lipinski definition) is 6. The second-order valence-corrected chi connectivity index (χ2v) is 8.70. The number of imide groups is 1. The Morgan fingerprint density at radius 1 is 1.17 bits per heavy atom. The van der Waals surface area contributed by atoms with Gasteiger partial charge in [-0.15, -0.1) is 11.3 Å². The van der Waals surface area contributed by atoms with Gasteiger partial charge in [0.05, 0.1) is 17.5 Å². The second kappa shape index (κ2) is 8.06. The number of rotatable bonds is 5. The molecular weight excluding hydrogens is 388 g/mol. The molecule has 1 aliphatic carbocycles. The summed E-state index contributed by atoms with van der Waals surface area (Å²) in [5.41, 5.74) is 2.85. The van der Waals surface area contributed by atoms with Crippen molar-refractivity contribution in [2.75, 3.05) is 0 Å². The van der Waals surface area contributed by atoms with Crippen LogP contribution in [0.3, 0.4) is 0 Å². The normalized spacial score (nSPS) is 22.5. The molecule has 0 radical (unpaired) electrons. The van der Waals surface area contributed by atoms with Gasteiger partial charge in [-0.2, -0.15) is 0 Å². The van der Waals surface area contributed by atoms with E-state index in [0.717, 1.165) is 41.2 Å². The number of nitrogens with zero attached hydrogens (tertiary/aromatic N) is 2. The third-order valence-electron chi connectivity index (χ3n) is 5.82. The van der Waals surface area contributed by atoms with Gasteiger partial charge in [-0.1, -0.05) is 42.7 Å². The molecule has 0 N–H and O–H groups in total. The zero-order chi connectivity index (χ0) is 20.5. The lowest BCUT2D eigenvalue weighted by atomic mass is 9.81. The second-order valence-electron chi connectivity index (χ2n) is 7.84. The maximum atomic E-state index is 12.6. The standard InChI is InChI=1S/C22H24N2O4S/c1-13-7-9-15(10-8-13)19-23-16(12-29-19)11-28-22(27)14(2)24-20(25)17-5-3-4-6-18(17)21(24)26/h7-10,12,14,17-18H,3-6,11H2,1-2H3/t14-,17-,18-/m0/s1. The van der Waals surface area contributed by atoms with Crippen LogP contribution in [0.1, 0.15) is 43.9 Å². The molecule has 6 nitrogen and oxygen atoms in total. The number of esters is 1. The summed E-state index contributed by atoms with van der Waals surface area (Å²) in [5, 5.41) is 2.71. The fourth-order valence-corrected chi connectivity index (χ4v) is 4.95. The zero-order valence-corrected chi connectivity index (χ0v) is 17.4. The fourth-order valence-electron chi connectivity index (χ4n) is 4.14. The number of likely N-dealkylation sites (tertiary alicyclic amines) is 1. The highest BCUT2D eigenvalue weighted by Gasteiger charge is 2.51. The van der Waals surface area contributed by atoms with Crippen LogP contribution in [-0.4, -0.2) is 33.7 Å². The lowest BCUT2D eigenvalue weighted by molar-refractivity contribution is -0.159. The van der Waals surface area contributed by atoms with Gasteiger partial charge in [0.1, 0.15) is 17.7 Å². The van der Waals surface area contributed by atoms with E-state index in [1.54, 1.807) is 6.92 Å². The number of benzene rings is 1. The highest BCUT2D eigenvalue weighted by Crippen LogP contribution is 2.39. The van der Waals surface area contributed by atoms with Gasteiger partial charge in [0.2, 0.25) is 11.8 Å². The van der Waals surface area contributed by atoms with E-state index in [-0.39, 0.29) is 30.3 Å². The van der Waals surface area contributed by atoms with Crippen molar-refractivity contribution in [2.45, 2.75) is 52.2 Å². The van der Waals surface area contributed by atoms with Crippen molar-refractivity contribution in [2.24, 2.45) is 11.8 Å². The van der Waals surface area contributed by atoms with E-state index in [0.29, 0.717) is 5.69 Å². The predicted octanol–water partition coefficient (Wildman–Crippen LogP) is 3.73. The van der Waals surface area contributed by atoms with Crippen molar-refractivity contribution in [1.29, 1.82) is 0 Å². The van der Waals surface area contributed by atoms with Crippen LogP contribution in [0.4, 0.5) is 0 Å². The molecule has 3 atom stereocenters. The summed E-state index contributed by atoms with van der Waals surface area (Å²) >= 11 is 1.49. The van der Waals surface area contributed by atoms with Crippen LogP contribution < -0.4 is 0 Å². The van der Waals surface area contributed by atoms with Crippen molar-refractivity contribution in [3.63, 3.8) is 0 Å². The SMILES string of the molecule is Cc1ccc(-c2nc(COC(=O)[C@H](C)N3C(=O)[C@H]4CCCC[C@@H]4C3=O)cs2)cc1. The number of aromatic nitrogens is 1. The molecule has 2 heterocycles. The molecule has 152 valence electrons. The number of aryl methyl sites for hydroxylation is 1. The number of hydrogen-bond donors (Lipinski definition) is 0. The minimum atomic E-state index is -0.907. The van der Waals surface area contributed by atoms with Gasteiger partial charge in [-0.25, -0.2) is 9.78 Å². The Kier molecular flexibility index (Phi) is 5.50. The van der Waals surface area contributed by atoms with E-state index in [4.69, 9.17) is 4.74 Å². The zero-order valence-electron chi connectivity index (χ0n) is 16.6. The molecule has 2 fully saturated rings. The molecule has 0 spiro atoms. The van der Waals surface area contributed by atoms with Crippen LogP contribution >= 0.6 is 11.3 Å². The summed E-state index contributed by atoms with van der Waals surface area (Å²) in [5.74, 6) is -1.54. The number of fused-ring (bicyclic) bond motifs is 1. The van der Waals surface area contributed by atoms with Crippen LogP contribution in [-0.2, 0) is 25.7 Å². The Morgan fingerprint density at radius 2 is 1.79 bits per heavy atom. The number of amides is 2. The molecule has 2 aromatic rings. The van der Waals surface area contributed by atoms with E-state index in [1.807, 2.05) is 36.6 Å². The predicted molar refractivity (Wildman–Crippen MR) is 109 cm³/mol. The minimum absolute atomic E-state index is 0.0224. The van der Waals surface area contributed by atoms with Crippen LogP contribution in [0.2, 0.25) is 0 Å². The van der Waals surface area contributed by atoms with E-state index in [2.05, 4.69) is 4.98 Å². The average molecular weight is 413 g/mol. The molecule has 7 heteroatoms. The first kappa shape index (κ1) is 19.8. The molecule has 0 unspecified atom stereocenters. The Labute approximate surface area is 173 Å². The van der Waals surface area contributed by atoms with Gasteiger partial charge >= 0.3 is 5.97 Å². The minimum Gasteiger partial charge on any atom is -0.458 e. The monoisotopic (exact) mass is 412 g/mol. The number of ether oxygens (including phenoxy) is 1. The molecule has 1 saturated carbocycles. The van der Waals surface area contributed by atoms with Crippen LogP contribution in [0.15, 0.2) is 29.6 Å². The smallest absolute Gasteiger partial charge is 0.329 e. The van der Waals surface area contributed by atoms with Crippen molar-refractivity contribution >= 4 is 29.1 Å². The van der Waals surface area contributed by atoms with Crippen molar-refractivity contribution in [1.82, 2.24) is 9.88 Å². The van der Waals surface area contributed by atoms with Crippen molar-refractivity contribution in [3.05, 3.63) is 40.9 Å². The largest absolute Gasteiger partial charge is 0.458 e. The van der Waals surface area contributed by atoms with Gasteiger partial charge in [0.15, 0.2) is 0 Å².